The van der Waals surface area contributed by atoms with E-state index in [4.69, 9.17) is 19.2 Å². The third-order valence-corrected chi connectivity index (χ3v) is 6.66. The summed E-state index contributed by atoms with van der Waals surface area (Å²) >= 11 is 0. The van der Waals surface area contributed by atoms with Crippen molar-refractivity contribution in [2.75, 3.05) is 47.1 Å². The van der Waals surface area contributed by atoms with Crippen molar-refractivity contribution in [3.05, 3.63) is 29.7 Å². The van der Waals surface area contributed by atoms with Gasteiger partial charge in [-0.05, 0) is 50.7 Å². The van der Waals surface area contributed by atoms with Crippen LogP contribution < -0.4 is 5.32 Å². The minimum Gasteiger partial charge on any atom is -0.385 e. The number of rotatable bonds is 12. The number of aromatic nitrogens is 2. The van der Waals surface area contributed by atoms with E-state index in [0.29, 0.717) is 13.2 Å². The monoisotopic (exact) mass is 458 g/mol. The summed E-state index contributed by atoms with van der Waals surface area (Å²) in [6, 6.07) is 2.36. The lowest BCUT2D eigenvalue weighted by molar-refractivity contribution is -0.148. The Bertz CT molecular complexity index is 921. The lowest BCUT2D eigenvalue weighted by Crippen LogP contribution is -2.50. The van der Waals surface area contributed by atoms with Gasteiger partial charge >= 0.3 is 0 Å². The number of ether oxygens (including phenoxy) is 3. The van der Waals surface area contributed by atoms with Gasteiger partial charge in [0.1, 0.15) is 6.10 Å². The van der Waals surface area contributed by atoms with Crippen molar-refractivity contribution in [3.8, 4) is 0 Å². The SMILES string of the molecule is COCCCc1cn(CCCOC)c2cc([C@@H](C)N(C(=O)[C@H]3CNCCO3)C3CC3)ncc12. The molecule has 1 aliphatic carbocycles. The highest BCUT2D eigenvalue weighted by Crippen LogP contribution is 2.36. The van der Waals surface area contributed by atoms with Crippen LogP contribution in [0.4, 0.5) is 0 Å². The van der Waals surface area contributed by atoms with Gasteiger partial charge in [-0.15, -0.1) is 0 Å². The molecule has 4 rings (SSSR count). The Hall–Kier alpha value is -2.00. The first-order chi connectivity index (χ1) is 16.1. The van der Waals surface area contributed by atoms with Crippen molar-refractivity contribution in [1.82, 2.24) is 19.8 Å². The van der Waals surface area contributed by atoms with Gasteiger partial charge in [-0.2, -0.15) is 0 Å². The first-order valence-electron chi connectivity index (χ1n) is 12.2. The average molecular weight is 459 g/mol. The summed E-state index contributed by atoms with van der Waals surface area (Å²) in [5, 5.41) is 4.46. The third-order valence-electron chi connectivity index (χ3n) is 6.66. The molecule has 0 spiro atoms. The molecule has 182 valence electrons. The fraction of sp³-hybridized carbons (Fsp3) is 0.680. The lowest BCUT2D eigenvalue weighted by Gasteiger charge is -2.34. The molecule has 0 bridgehead atoms. The van der Waals surface area contributed by atoms with Gasteiger partial charge < -0.3 is 29.0 Å². The molecule has 8 heteroatoms. The van der Waals surface area contributed by atoms with E-state index in [1.807, 2.05) is 11.1 Å². The zero-order chi connectivity index (χ0) is 23.2. The van der Waals surface area contributed by atoms with Gasteiger partial charge in [0.25, 0.3) is 5.91 Å². The molecule has 3 heterocycles. The van der Waals surface area contributed by atoms with Gasteiger partial charge in [-0.1, -0.05) is 0 Å². The van der Waals surface area contributed by atoms with E-state index in [-0.39, 0.29) is 18.0 Å². The Labute approximate surface area is 196 Å². The molecule has 8 nitrogen and oxygen atoms in total. The summed E-state index contributed by atoms with van der Waals surface area (Å²) in [6.45, 7) is 6.41. The number of carbonyl (C=O) groups excluding carboxylic acids is 1. The van der Waals surface area contributed by atoms with Gasteiger partial charge in [0.2, 0.25) is 0 Å². The predicted molar refractivity (Wildman–Crippen MR) is 127 cm³/mol. The highest BCUT2D eigenvalue weighted by atomic mass is 16.5. The number of fused-ring (bicyclic) bond motifs is 1. The smallest absolute Gasteiger partial charge is 0.253 e. The van der Waals surface area contributed by atoms with Crippen molar-refractivity contribution >= 4 is 16.8 Å². The number of methoxy groups -OCH3 is 2. The Morgan fingerprint density at radius 2 is 2.09 bits per heavy atom. The highest BCUT2D eigenvalue weighted by Gasteiger charge is 2.40. The number of nitrogens with zero attached hydrogens (tertiary/aromatic N) is 3. The van der Waals surface area contributed by atoms with Crippen LogP contribution in [0.3, 0.4) is 0 Å². The third kappa shape index (κ3) is 5.74. The molecular weight excluding hydrogens is 420 g/mol. The van der Waals surface area contributed by atoms with E-state index in [0.717, 1.165) is 64.1 Å². The summed E-state index contributed by atoms with van der Waals surface area (Å²) in [6.07, 6.45) is 8.81. The van der Waals surface area contributed by atoms with E-state index in [1.165, 1.54) is 16.5 Å². The summed E-state index contributed by atoms with van der Waals surface area (Å²) in [7, 11) is 3.48. The second-order valence-corrected chi connectivity index (χ2v) is 9.13. The predicted octanol–water partition coefficient (Wildman–Crippen LogP) is 2.69. The fourth-order valence-electron chi connectivity index (χ4n) is 4.74. The largest absolute Gasteiger partial charge is 0.385 e. The molecule has 0 unspecified atom stereocenters. The standard InChI is InChI=1S/C25H38N4O4/c1-18(29(20-7-8-20)25(30)24-16-26-9-13-33-24)22-14-23-21(15-27-22)19(6-4-11-31-2)17-28(23)10-5-12-32-3/h14-15,17-18,20,24,26H,4-13,16H2,1-3H3/t18-,24-/m1/s1. The van der Waals surface area contributed by atoms with Crippen LogP contribution in [0, 0.1) is 0 Å². The van der Waals surface area contributed by atoms with Crippen molar-refractivity contribution in [3.63, 3.8) is 0 Å². The second kappa shape index (κ2) is 11.4. The normalized spacial score (nSPS) is 19.7. The van der Waals surface area contributed by atoms with Gasteiger partial charge in [-0.25, -0.2) is 0 Å². The van der Waals surface area contributed by atoms with Crippen LogP contribution >= 0.6 is 0 Å². The number of nitrogens with one attached hydrogen (secondary N) is 1. The minimum absolute atomic E-state index is 0.0785. The van der Waals surface area contributed by atoms with Crippen molar-refractivity contribution in [2.24, 2.45) is 0 Å². The van der Waals surface area contributed by atoms with Gasteiger partial charge in [-0.3, -0.25) is 9.78 Å². The first-order valence-corrected chi connectivity index (χ1v) is 12.2. The maximum absolute atomic E-state index is 13.4. The maximum Gasteiger partial charge on any atom is 0.253 e. The van der Waals surface area contributed by atoms with Crippen molar-refractivity contribution < 1.29 is 19.0 Å². The number of morpholine rings is 1. The molecule has 2 aromatic heterocycles. The Balaban J connectivity index is 1.60. The van der Waals surface area contributed by atoms with Gasteiger partial charge in [0.05, 0.1) is 23.9 Å². The lowest BCUT2D eigenvalue weighted by atomic mass is 10.1. The van der Waals surface area contributed by atoms with E-state index in [9.17, 15) is 4.79 Å². The zero-order valence-corrected chi connectivity index (χ0v) is 20.2. The van der Waals surface area contributed by atoms with Crippen LogP contribution in [0.15, 0.2) is 18.5 Å². The van der Waals surface area contributed by atoms with Crippen LogP contribution in [0.1, 0.15) is 49.9 Å². The summed E-state index contributed by atoms with van der Waals surface area (Å²) < 4.78 is 18.6. The van der Waals surface area contributed by atoms with E-state index < -0.39 is 6.10 Å². The first kappa shape index (κ1) is 24.1. The van der Waals surface area contributed by atoms with Crippen molar-refractivity contribution in [1.29, 1.82) is 0 Å². The molecule has 2 aromatic rings. The Kier molecular flexibility index (Phi) is 8.35. The topological polar surface area (TPSA) is 77.9 Å². The molecule has 1 aliphatic heterocycles. The molecule has 1 saturated carbocycles. The van der Waals surface area contributed by atoms with Gasteiger partial charge in [0, 0.05) is 70.9 Å². The maximum atomic E-state index is 13.4. The number of aryl methyl sites for hydroxylation is 2. The van der Waals surface area contributed by atoms with Crippen LogP contribution in [-0.2, 0) is 32.0 Å². The number of amides is 1. The summed E-state index contributed by atoms with van der Waals surface area (Å²) in [5.41, 5.74) is 3.40. The van der Waals surface area contributed by atoms with E-state index in [1.54, 1.807) is 14.2 Å². The number of hydrogen-bond acceptors (Lipinski definition) is 6. The Morgan fingerprint density at radius 3 is 2.79 bits per heavy atom. The quantitative estimate of drug-likeness (QED) is 0.493. The molecular formula is C25H38N4O4. The zero-order valence-electron chi connectivity index (χ0n) is 20.2. The summed E-state index contributed by atoms with van der Waals surface area (Å²) in [5.74, 6) is 0.0785. The van der Waals surface area contributed by atoms with Crippen LogP contribution in [0.2, 0.25) is 0 Å². The van der Waals surface area contributed by atoms with Crippen LogP contribution in [-0.4, -0.2) is 79.6 Å². The highest BCUT2D eigenvalue weighted by molar-refractivity contribution is 5.84. The molecule has 33 heavy (non-hydrogen) atoms. The average Bonchev–Trinajstić information content (AvgIpc) is 3.62. The van der Waals surface area contributed by atoms with Crippen LogP contribution in [0.5, 0.6) is 0 Å². The van der Waals surface area contributed by atoms with Gasteiger partial charge in [0.15, 0.2) is 0 Å². The molecule has 2 aliphatic rings. The Morgan fingerprint density at radius 1 is 1.30 bits per heavy atom. The molecule has 1 saturated heterocycles. The molecule has 2 fully saturated rings. The molecule has 1 amide bonds. The molecule has 2 atom stereocenters. The van der Waals surface area contributed by atoms with E-state index in [2.05, 4.69) is 29.1 Å². The van der Waals surface area contributed by atoms with Crippen molar-refractivity contribution in [2.45, 2.75) is 63.8 Å². The van der Waals surface area contributed by atoms with E-state index >= 15 is 0 Å². The molecule has 1 N–H and O–H groups in total. The minimum atomic E-state index is -0.407. The summed E-state index contributed by atoms with van der Waals surface area (Å²) in [4.78, 5) is 20.2. The molecule has 0 radical (unpaired) electrons. The van der Waals surface area contributed by atoms with Crippen LogP contribution in [0.25, 0.3) is 10.9 Å². The number of carbonyl (C=O) groups is 1. The fourth-order valence-corrected chi connectivity index (χ4v) is 4.74. The number of hydrogen-bond donors (Lipinski definition) is 1. The molecule has 0 aromatic carbocycles. The second-order valence-electron chi connectivity index (χ2n) is 9.13. The number of pyridine rings is 1.